The summed E-state index contributed by atoms with van der Waals surface area (Å²) < 4.78 is 22.8. The van der Waals surface area contributed by atoms with E-state index in [1.54, 1.807) is 0 Å². The molecule has 31 heavy (non-hydrogen) atoms. The largest absolute Gasteiger partial charge is 0.400 e. The molecule has 180 valence electrons. The number of ether oxygens (including phenoxy) is 1. The van der Waals surface area contributed by atoms with Crippen molar-refractivity contribution in [3.05, 3.63) is 33.1 Å². The van der Waals surface area contributed by atoms with Crippen molar-refractivity contribution in [1.29, 1.82) is 0 Å². The zero-order valence-corrected chi connectivity index (χ0v) is 19.6. The van der Waals surface area contributed by atoms with Gasteiger partial charge < -0.3 is 24.3 Å². The molecular formula is C18H36N4O8P+. The maximum atomic E-state index is 11.7. The van der Waals surface area contributed by atoms with Gasteiger partial charge in [0.1, 0.15) is 17.8 Å². The van der Waals surface area contributed by atoms with Gasteiger partial charge in [-0.1, -0.05) is 0 Å². The van der Waals surface area contributed by atoms with Crippen molar-refractivity contribution >= 4 is 7.75 Å². The minimum absolute atomic E-state index is 0.573. The Labute approximate surface area is 181 Å². The van der Waals surface area contributed by atoms with E-state index in [2.05, 4.69) is 32.2 Å². The Balaban J connectivity index is 0.000000452. The number of nitrogens with zero attached hydrogens (tertiary/aromatic N) is 2. The molecule has 0 aromatic carbocycles. The van der Waals surface area contributed by atoms with E-state index < -0.39 is 49.6 Å². The first-order valence-corrected chi connectivity index (χ1v) is 11.9. The van der Waals surface area contributed by atoms with Crippen molar-refractivity contribution in [1.82, 2.24) is 9.55 Å². The van der Waals surface area contributed by atoms with Crippen LogP contribution < -0.4 is 16.8 Å². The molecule has 0 saturated carbocycles. The van der Waals surface area contributed by atoms with Gasteiger partial charge >= 0.3 is 13.4 Å². The Morgan fingerprint density at radius 3 is 2.16 bits per heavy atom. The number of nitrogens with one attached hydrogen (secondary N) is 1. The first kappa shape index (κ1) is 27.7. The van der Waals surface area contributed by atoms with Gasteiger partial charge in [-0.25, -0.2) is 14.9 Å². The molecule has 0 spiro atoms. The van der Waals surface area contributed by atoms with Crippen LogP contribution in [-0.2, 0) is 13.8 Å². The number of aliphatic hydroxyl groups excluding tert-OH is 1. The van der Waals surface area contributed by atoms with Crippen molar-refractivity contribution in [2.24, 2.45) is 5.50 Å². The summed E-state index contributed by atoms with van der Waals surface area (Å²) in [5, 5.41) is 20.4. The molecule has 13 heteroatoms. The summed E-state index contributed by atoms with van der Waals surface area (Å²) in [6.45, 7) is 14.9. The van der Waals surface area contributed by atoms with Gasteiger partial charge in [-0.2, -0.15) is 0 Å². The van der Waals surface area contributed by atoms with E-state index in [-0.39, 0.29) is 0 Å². The fourth-order valence-corrected chi connectivity index (χ4v) is 3.87. The average Bonchev–Trinajstić information content (AvgIpc) is 2.92. The SMILES string of the molecule is CC[N+](CC)(CC)CC.C[C@@]1(O)C(O)[C@@H](COP(N)(=O)O)O[C@H]1n1ccc(=O)[nH]c1=O. The standard InChI is InChI=1S/C10H16N3O8P.C8H20N/c1-10(17)7(15)5(4-20-22(11,18)19)21-8(10)13-3-2-6(14)12-9(13)16;1-5-9(6-2,7-3)8-4/h2-3,5,7-8,15,17H,4H2,1H3,(H3,11,18,19)(H,12,14,16);5-8H2,1-4H3/q;+1/t5-,7?,8-,10-;/m1./s1. The van der Waals surface area contributed by atoms with Gasteiger partial charge in [-0.05, 0) is 34.6 Å². The zero-order valence-electron chi connectivity index (χ0n) is 18.7. The molecule has 2 heterocycles. The van der Waals surface area contributed by atoms with Gasteiger partial charge in [0, 0.05) is 12.3 Å². The van der Waals surface area contributed by atoms with E-state index in [0.717, 1.165) is 16.8 Å². The molecule has 0 amide bonds. The average molecular weight is 467 g/mol. The first-order chi connectivity index (χ1) is 14.3. The normalized spacial score (nSPS) is 28.0. The van der Waals surface area contributed by atoms with Crippen LogP contribution in [0.2, 0.25) is 0 Å². The summed E-state index contributed by atoms with van der Waals surface area (Å²) in [4.78, 5) is 33.6. The predicted octanol–water partition coefficient (Wildman–Crippen LogP) is -0.496. The molecule has 0 bridgehead atoms. The first-order valence-electron chi connectivity index (χ1n) is 10.2. The van der Waals surface area contributed by atoms with Crippen LogP contribution in [0, 0.1) is 0 Å². The number of aromatic amines is 1. The second-order valence-electron chi connectivity index (χ2n) is 7.68. The molecule has 0 radical (unpaired) electrons. The van der Waals surface area contributed by atoms with E-state index in [9.17, 15) is 24.4 Å². The van der Waals surface area contributed by atoms with E-state index in [1.165, 1.54) is 37.6 Å². The summed E-state index contributed by atoms with van der Waals surface area (Å²) in [7, 11) is -4.28. The minimum Gasteiger partial charge on any atom is -0.387 e. The lowest BCUT2D eigenvalue weighted by Crippen LogP contribution is -2.47. The van der Waals surface area contributed by atoms with Crippen LogP contribution in [0.25, 0.3) is 0 Å². The van der Waals surface area contributed by atoms with Crippen LogP contribution in [-0.4, -0.2) is 79.7 Å². The highest BCUT2D eigenvalue weighted by Crippen LogP contribution is 2.39. The van der Waals surface area contributed by atoms with Crippen LogP contribution in [0.4, 0.5) is 0 Å². The van der Waals surface area contributed by atoms with E-state index in [0.29, 0.717) is 0 Å². The Hall–Kier alpha value is -1.37. The smallest absolute Gasteiger partial charge is 0.387 e. The second kappa shape index (κ2) is 11.0. The molecule has 1 aliphatic heterocycles. The van der Waals surface area contributed by atoms with Crippen molar-refractivity contribution < 1.29 is 33.4 Å². The fraction of sp³-hybridized carbons (Fsp3) is 0.778. The molecule has 1 saturated heterocycles. The van der Waals surface area contributed by atoms with Gasteiger partial charge in [0.2, 0.25) is 0 Å². The number of H-pyrrole nitrogens is 1. The molecule has 1 fully saturated rings. The number of aromatic nitrogens is 2. The van der Waals surface area contributed by atoms with Gasteiger partial charge in [0.05, 0.1) is 32.8 Å². The molecule has 6 N–H and O–H groups in total. The second-order valence-corrected chi connectivity index (χ2v) is 9.07. The highest BCUT2D eigenvalue weighted by atomic mass is 31.2. The highest BCUT2D eigenvalue weighted by Gasteiger charge is 2.53. The summed E-state index contributed by atoms with van der Waals surface area (Å²) in [5.74, 6) is 0. The number of quaternary nitrogens is 1. The van der Waals surface area contributed by atoms with Gasteiger partial charge in [0.15, 0.2) is 6.23 Å². The summed E-state index contributed by atoms with van der Waals surface area (Å²) >= 11 is 0. The number of hydrogen-bond donors (Lipinski definition) is 5. The van der Waals surface area contributed by atoms with Crippen LogP contribution in [0.5, 0.6) is 0 Å². The topological polar surface area (TPSA) is 177 Å². The molecule has 1 aromatic rings. The van der Waals surface area contributed by atoms with Gasteiger partial charge in [0.25, 0.3) is 5.56 Å². The number of nitrogens with two attached hydrogens (primary N) is 1. The molecular weight excluding hydrogens is 431 g/mol. The third-order valence-corrected chi connectivity index (χ3v) is 6.48. The maximum Gasteiger partial charge on any atom is 0.400 e. The number of rotatable bonds is 8. The van der Waals surface area contributed by atoms with Crippen molar-refractivity contribution in [3.8, 4) is 0 Å². The van der Waals surface area contributed by atoms with E-state index in [4.69, 9.17) is 15.1 Å². The summed E-state index contributed by atoms with van der Waals surface area (Å²) in [5.41, 5.74) is 1.41. The van der Waals surface area contributed by atoms with E-state index in [1.807, 2.05) is 4.98 Å². The fourth-order valence-electron chi connectivity index (χ4n) is 3.51. The van der Waals surface area contributed by atoms with Crippen LogP contribution in [0.3, 0.4) is 0 Å². The Kier molecular flexibility index (Phi) is 9.79. The Morgan fingerprint density at radius 2 is 1.77 bits per heavy atom. The lowest BCUT2D eigenvalue weighted by molar-refractivity contribution is -0.921. The predicted molar refractivity (Wildman–Crippen MR) is 114 cm³/mol. The van der Waals surface area contributed by atoms with Crippen molar-refractivity contribution in [2.75, 3.05) is 32.8 Å². The molecule has 2 unspecified atom stereocenters. The van der Waals surface area contributed by atoms with Crippen LogP contribution in [0.15, 0.2) is 21.9 Å². The van der Waals surface area contributed by atoms with Gasteiger partial charge in [-0.3, -0.25) is 18.9 Å². The van der Waals surface area contributed by atoms with Crippen LogP contribution >= 0.6 is 7.75 Å². The molecule has 1 aliphatic rings. The number of aliphatic hydroxyl groups is 2. The third-order valence-electron chi connectivity index (χ3n) is 5.97. The molecule has 0 aliphatic carbocycles. The zero-order chi connectivity index (χ0) is 24.0. The highest BCUT2D eigenvalue weighted by molar-refractivity contribution is 7.50. The summed E-state index contributed by atoms with van der Waals surface area (Å²) in [6.07, 6.45) is -2.97. The Morgan fingerprint density at radius 1 is 1.26 bits per heavy atom. The van der Waals surface area contributed by atoms with Crippen LogP contribution in [0.1, 0.15) is 40.8 Å². The van der Waals surface area contributed by atoms with E-state index >= 15 is 0 Å². The number of hydrogen-bond acceptors (Lipinski definition) is 7. The van der Waals surface area contributed by atoms with Crippen molar-refractivity contribution in [2.45, 2.75) is 58.7 Å². The molecule has 1 aromatic heterocycles. The summed E-state index contributed by atoms with van der Waals surface area (Å²) in [6, 6.07) is 1.04. The Bertz CT molecular complexity index is 843. The van der Waals surface area contributed by atoms with Crippen molar-refractivity contribution in [3.63, 3.8) is 0 Å². The lowest BCUT2D eigenvalue weighted by Gasteiger charge is -2.34. The maximum absolute atomic E-state index is 11.7. The lowest BCUT2D eigenvalue weighted by atomic mass is 9.96. The third kappa shape index (κ3) is 7.06. The van der Waals surface area contributed by atoms with Gasteiger partial charge in [-0.15, -0.1) is 0 Å². The monoisotopic (exact) mass is 467 g/mol. The molecule has 5 atom stereocenters. The molecule has 2 rings (SSSR count). The quantitative estimate of drug-likeness (QED) is 0.249. The minimum atomic E-state index is -4.28. The molecule has 12 nitrogen and oxygen atoms in total.